The van der Waals surface area contributed by atoms with Crippen molar-refractivity contribution in [1.82, 2.24) is 24.9 Å². The lowest BCUT2D eigenvalue weighted by Crippen LogP contribution is -2.05. The molecule has 0 aliphatic carbocycles. The summed E-state index contributed by atoms with van der Waals surface area (Å²) in [5, 5.41) is 18.1. The van der Waals surface area contributed by atoms with E-state index in [-0.39, 0.29) is 11.8 Å². The number of aromatic nitrogens is 5. The Morgan fingerprint density at radius 1 is 0.909 bits per heavy atom. The zero-order valence-electron chi connectivity index (χ0n) is 17.5. The smallest absolute Gasteiger partial charge is 0.268 e. The molecule has 7 nitrogen and oxygen atoms in total. The number of nitriles is 1. The molecule has 0 unspecified atom stereocenters. The zero-order valence-corrected chi connectivity index (χ0v) is 17.5. The molecule has 2 aromatic heterocycles. The summed E-state index contributed by atoms with van der Waals surface area (Å²) in [6.07, 6.45) is 4.83. The maximum absolute atomic E-state index is 9.76. The van der Waals surface area contributed by atoms with Crippen LogP contribution in [0, 0.1) is 11.3 Å². The number of allylic oxidation sites excluding steroid dienone is 1. The van der Waals surface area contributed by atoms with Crippen LogP contribution in [-0.4, -0.2) is 24.9 Å². The van der Waals surface area contributed by atoms with Crippen LogP contribution in [0.2, 0.25) is 0 Å². The molecule has 0 atom stereocenters. The lowest BCUT2D eigenvalue weighted by molar-refractivity contribution is 0.401. The first-order valence-electron chi connectivity index (χ1n) is 10.3. The van der Waals surface area contributed by atoms with E-state index < -0.39 is 0 Å². The van der Waals surface area contributed by atoms with E-state index in [1.165, 1.54) is 6.33 Å². The predicted molar refractivity (Wildman–Crippen MR) is 123 cm³/mol. The number of benzene rings is 3. The number of rotatable bonds is 6. The van der Waals surface area contributed by atoms with Crippen molar-refractivity contribution in [3.63, 3.8) is 0 Å². The highest BCUT2D eigenvalue weighted by molar-refractivity contribution is 5.86. The fraction of sp³-hybridized carbons (Fsp3) is 0.0385. The van der Waals surface area contributed by atoms with Gasteiger partial charge in [-0.2, -0.15) is 15.3 Å². The van der Waals surface area contributed by atoms with Crippen LogP contribution in [-0.2, 0) is 0 Å². The van der Waals surface area contributed by atoms with Gasteiger partial charge >= 0.3 is 0 Å². The lowest BCUT2D eigenvalue weighted by atomic mass is 9.91. The molecule has 0 spiro atoms. The van der Waals surface area contributed by atoms with Gasteiger partial charge in [-0.3, -0.25) is 0 Å². The first-order chi connectivity index (χ1) is 16.3. The Bertz CT molecular complexity index is 1360. The van der Waals surface area contributed by atoms with Gasteiger partial charge in [0.15, 0.2) is 5.82 Å². The highest BCUT2D eigenvalue weighted by Gasteiger charge is 2.23. The standard InChI is InChI=1S/C26H18N6O/c27-16-22(15-19-11-13-23(14-12-19)32-18-28-17-29-32)26-30-25(31-33-26)24(20-7-3-1-4-8-20)21-9-5-2-6-10-21/h1-15,17-18,24H. The molecule has 0 saturated carbocycles. The van der Waals surface area contributed by atoms with Crippen LogP contribution in [0.25, 0.3) is 17.3 Å². The van der Waals surface area contributed by atoms with E-state index in [0.29, 0.717) is 11.4 Å². The summed E-state index contributed by atoms with van der Waals surface area (Å²) in [6.45, 7) is 0. The molecule has 2 heterocycles. The Morgan fingerprint density at radius 2 is 1.58 bits per heavy atom. The van der Waals surface area contributed by atoms with Crippen molar-refractivity contribution < 1.29 is 4.52 Å². The predicted octanol–water partition coefficient (Wildman–Crippen LogP) is 4.89. The zero-order chi connectivity index (χ0) is 22.5. The van der Waals surface area contributed by atoms with E-state index >= 15 is 0 Å². The van der Waals surface area contributed by atoms with Crippen molar-refractivity contribution in [1.29, 1.82) is 5.26 Å². The van der Waals surface area contributed by atoms with Gasteiger partial charge in [0, 0.05) is 0 Å². The van der Waals surface area contributed by atoms with Gasteiger partial charge in [0.25, 0.3) is 5.89 Å². The van der Waals surface area contributed by atoms with Crippen molar-refractivity contribution >= 4 is 11.6 Å². The fourth-order valence-corrected chi connectivity index (χ4v) is 3.62. The van der Waals surface area contributed by atoms with Gasteiger partial charge in [-0.15, -0.1) is 0 Å². The van der Waals surface area contributed by atoms with Crippen LogP contribution in [0.1, 0.15) is 34.3 Å². The van der Waals surface area contributed by atoms with Crippen LogP contribution in [0.3, 0.4) is 0 Å². The molecule has 5 rings (SSSR count). The first kappa shape index (κ1) is 20.1. The van der Waals surface area contributed by atoms with Crippen molar-refractivity contribution in [2.45, 2.75) is 5.92 Å². The SMILES string of the molecule is N#CC(=Cc1ccc(-n2cncn2)cc1)c1nc(C(c2ccccc2)c2ccccc2)no1. The molecule has 3 aromatic carbocycles. The van der Waals surface area contributed by atoms with Crippen LogP contribution >= 0.6 is 0 Å². The van der Waals surface area contributed by atoms with Gasteiger partial charge in [0.1, 0.15) is 24.3 Å². The minimum atomic E-state index is -0.202. The highest BCUT2D eigenvalue weighted by atomic mass is 16.5. The van der Waals surface area contributed by atoms with Gasteiger partial charge < -0.3 is 4.52 Å². The largest absolute Gasteiger partial charge is 0.333 e. The molecular formula is C26H18N6O. The molecule has 0 amide bonds. The summed E-state index contributed by atoms with van der Waals surface area (Å²) in [5.74, 6) is 0.488. The van der Waals surface area contributed by atoms with E-state index in [1.807, 2.05) is 84.9 Å². The summed E-state index contributed by atoms with van der Waals surface area (Å²) >= 11 is 0. The summed E-state index contributed by atoms with van der Waals surface area (Å²) in [7, 11) is 0. The molecule has 7 heteroatoms. The Hall–Kier alpha value is -4.83. The van der Waals surface area contributed by atoms with E-state index in [1.54, 1.807) is 17.1 Å². The second-order valence-corrected chi connectivity index (χ2v) is 7.31. The normalized spacial score (nSPS) is 11.5. The molecule has 0 bridgehead atoms. The second kappa shape index (κ2) is 9.12. The van der Waals surface area contributed by atoms with Gasteiger partial charge in [-0.05, 0) is 34.9 Å². The van der Waals surface area contributed by atoms with Gasteiger partial charge in [0.2, 0.25) is 0 Å². The average molecular weight is 430 g/mol. The molecule has 0 N–H and O–H groups in total. The first-order valence-corrected chi connectivity index (χ1v) is 10.3. The summed E-state index contributed by atoms with van der Waals surface area (Å²) in [6, 6.07) is 29.8. The average Bonchev–Trinajstić information content (AvgIpc) is 3.58. The topological polar surface area (TPSA) is 93.4 Å². The third-order valence-electron chi connectivity index (χ3n) is 5.20. The molecule has 0 radical (unpaired) electrons. The summed E-state index contributed by atoms with van der Waals surface area (Å²) in [4.78, 5) is 8.55. The van der Waals surface area contributed by atoms with Gasteiger partial charge in [-0.25, -0.2) is 9.67 Å². The van der Waals surface area contributed by atoms with Crippen molar-refractivity contribution in [2.24, 2.45) is 0 Å². The third kappa shape index (κ3) is 4.31. The second-order valence-electron chi connectivity index (χ2n) is 7.31. The Labute approximate surface area is 190 Å². The number of nitrogens with zero attached hydrogens (tertiary/aromatic N) is 6. The highest BCUT2D eigenvalue weighted by Crippen LogP contribution is 2.30. The number of hydrogen-bond acceptors (Lipinski definition) is 6. The van der Waals surface area contributed by atoms with Crippen LogP contribution in [0.5, 0.6) is 0 Å². The molecule has 158 valence electrons. The fourth-order valence-electron chi connectivity index (χ4n) is 3.62. The van der Waals surface area contributed by atoms with Crippen molar-refractivity contribution in [3.8, 4) is 11.8 Å². The molecule has 0 aliphatic heterocycles. The minimum absolute atomic E-state index is 0.185. The van der Waals surface area contributed by atoms with Gasteiger partial charge in [0.05, 0.1) is 11.6 Å². The molecule has 5 aromatic rings. The molecule has 0 saturated heterocycles. The summed E-state index contributed by atoms with van der Waals surface area (Å²) in [5.41, 5.74) is 4.08. The van der Waals surface area contributed by atoms with Crippen LogP contribution < -0.4 is 0 Å². The van der Waals surface area contributed by atoms with Crippen molar-refractivity contribution in [3.05, 3.63) is 126 Å². The van der Waals surface area contributed by atoms with E-state index in [4.69, 9.17) is 4.52 Å². The van der Waals surface area contributed by atoms with E-state index in [2.05, 4.69) is 26.3 Å². The van der Waals surface area contributed by atoms with Crippen molar-refractivity contribution in [2.75, 3.05) is 0 Å². The maximum atomic E-state index is 9.76. The Balaban J connectivity index is 1.47. The van der Waals surface area contributed by atoms with Gasteiger partial charge in [-0.1, -0.05) is 78.0 Å². The summed E-state index contributed by atoms with van der Waals surface area (Å²) < 4.78 is 7.19. The van der Waals surface area contributed by atoms with Crippen LogP contribution in [0.15, 0.2) is 102 Å². The van der Waals surface area contributed by atoms with E-state index in [0.717, 1.165) is 22.4 Å². The maximum Gasteiger partial charge on any atom is 0.268 e. The monoisotopic (exact) mass is 430 g/mol. The quantitative estimate of drug-likeness (QED) is 0.356. The van der Waals surface area contributed by atoms with Crippen LogP contribution in [0.4, 0.5) is 0 Å². The molecule has 0 aliphatic rings. The molecule has 33 heavy (non-hydrogen) atoms. The van der Waals surface area contributed by atoms with E-state index in [9.17, 15) is 5.26 Å². The molecule has 0 fully saturated rings. The molecular weight excluding hydrogens is 412 g/mol. The minimum Gasteiger partial charge on any atom is -0.333 e. The number of hydrogen-bond donors (Lipinski definition) is 0. The third-order valence-corrected chi connectivity index (χ3v) is 5.20. The Kier molecular flexibility index (Phi) is 5.55. The Morgan fingerprint density at radius 3 is 2.15 bits per heavy atom. The lowest BCUT2D eigenvalue weighted by Gasteiger charge is -2.14.